The number of carbonyl (C=O) groups excluding carboxylic acids is 1. The minimum atomic E-state index is -1.10. The standard InChI is InChI=1S/C29H37Cl2N5O4/c1-29(2,3)40-17-24(32)23(16-33-10-5-7-22-9-8-18-6-4-11-34-27(18)35-22)28(39)36-25(15-26(37)38)19-12-20(30)14-21(31)13-19/h8-9,12-14,16,25H,4-7,10-11,15,17,32H2,1-3H3,(H,34,35)(H,36,39)(H,37,38). The summed E-state index contributed by atoms with van der Waals surface area (Å²) in [5, 5.41) is 16.2. The van der Waals surface area contributed by atoms with E-state index in [-0.39, 0.29) is 24.3 Å². The van der Waals surface area contributed by atoms with Crippen molar-refractivity contribution in [3.05, 3.63) is 68.5 Å². The van der Waals surface area contributed by atoms with Gasteiger partial charge in [-0.25, -0.2) is 4.98 Å². The highest BCUT2D eigenvalue weighted by molar-refractivity contribution is 6.34. The third-order valence-corrected chi connectivity index (χ3v) is 6.55. The molecule has 3 rings (SSSR count). The van der Waals surface area contributed by atoms with Crippen molar-refractivity contribution in [2.45, 2.75) is 64.5 Å². The summed E-state index contributed by atoms with van der Waals surface area (Å²) in [6.07, 6.45) is 4.64. The van der Waals surface area contributed by atoms with Crippen molar-refractivity contribution in [2.75, 3.05) is 25.0 Å². The topological polar surface area (TPSA) is 139 Å². The molecule has 0 spiro atoms. The molecule has 2 aromatic rings. The van der Waals surface area contributed by atoms with E-state index < -0.39 is 23.5 Å². The molecule has 0 saturated heterocycles. The summed E-state index contributed by atoms with van der Waals surface area (Å²) >= 11 is 12.2. The molecular formula is C29H37Cl2N5O4. The van der Waals surface area contributed by atoms with Gasteiger partial charge in [0.15, 0.2) is 0 Å². The third kappa shape index (κ3) is 10.1. The van der Waals surface area contributed by atoms with Crippen molar-refractivity contribution in [3.8, 4) is 0 Å². The Labute approximate surface area is 245 Å². The van der Waals surface area contributed by atoms with Crippen molar-refractivity contribution >= 4 is 47.1 Å². The Hall–Kier alpha value is -3.14. The summed E-state index contributed by atoms with van der Waals surface area (Å²) in [6, 6.07) is 7.92. The first-order chi connectivity index (χ1) is 18.9. The molecule has 0 radical (unpaired) electrons. The van der Waals surface area contributed by atoms with E-state index >= 15 is 0 Å². The molecule has 1 aliphatic rings. The molecule has 1 aromatic carbocycles. The lowest BCUT2D eigenvalue weighted by Gasteiger charge is -2.21. The monoisotopic (exact) mass is 589 g/mol. The van der Waals surface area contributed by atoms with E-state index in [1.807, 2.05) is 26.8 Å². The van der Waals surface area contributed by atoms with E-state index in [1.165, 1.54) is 17.8 Å². The van der Waals surface area contributed by atoms with Crippen molar-refractivity contribution in [1.82, 2.24) is 10.3 Å². The molecule has 11 heteroatoms. The van der Waals surface area contributed by atoms with Crippen molar-refractivity contribution in [1.29, 1.82) is 0 Å². The van der Waals surface area contributed by atoms with Crippen LogP contribution in [0.5, 0.6) is 0 Å². The van der Waals surface area contributed by atoms with E-state index in [0.717, 1.165) is 43.7 Å². The first-order valence-corrected chi connectivity index (χ1v) is 14.0. The number of aliphatic carboxylic acids is 1. The minimum Gasteiger partial charge on any atom is -0.481 e. The van der Waals surface area contributed by atoms with Gasteiger partial charge in [-0.05, 0) is 81.8 Å². The van der Waals surface area contributed by atoms with E-state index in [9.17, 15) is 14.7 Å². The molecule has 1 atom stereocenters. The zero-order valence-corrected chi connectivity index (χ0v) is 24.6. The third-order valence-electron chi connectivity index (χ3n) is 6.11. The Kier molecular flexibility index (Phi) is 11.4. The number of nitrogens with zero attached hydrogens (tertiary/aromatic N) is 2. The molecular weight excluding hydrogens is 553 g/mol. The van der Waals surface area contributed by atoms with Crippen molar-refractivity contribution in [3.63, 3.8) is 0 Å². The normalized spacial score (nSPS) is 14.7. The summed E-state index contributed by atoms with van der Waals surface area (Å²) in [5.74, 6) is -0.725. The number of benzene rings is 1. The Morgan fingerprint density at radius 1 is 1.25 bits per heavy atom. The number of aryl methyl sites for hydroxylation is 2. The molecule has 9 nitrogen and oxygen atoms in total. The van der Waals surface area contributed by atoms with Gasteiger partial charge in [-0.3, -0.25) is 14.6 Å². The van der Waals surface area contributed by atoms with Crippen LogP contribution in [-0.2, 0) is 27.2 Å². The zero-order chi connectivity index (χ0) is 29.3. The van der Waals surface area contributed by atoms with Crippen LogP contribution < -0.4 is 16.4 Å². The maximum atomic E-state index is 13.4. The Bertz CT molecular complexity index is 1250. The lowest BCUT2D eigenvalue weighted by atomic mass is 10.0. The van der Waals surface area contributed by atoms with Crippen LogP contribution >= 0.6 is 23.2 Å². The highest BCUT2D eigenvalue weighted by atomic mass is 35.5. The molecule has 0 saturated carbocycles. The number of hydrogen-bond acceptors (Lipinski definition) is 7. The predicted octanol–water partition coefficient (Wildman–Crippen LogP) is 5.11. The van der Waals surface area contributed by atoms with Gasteiger partial charge in [0.2, 0.25) is 0 Å². The lowest BCUT2D eigenvalue weighted by molar-refractivity contribution is -0.137. The number of ether oxygens (including phenoxy) is 1. The van der Waals surface area contributed by atoms with Gasteiger partial charge in [-0.2, -0.15) is 0 Å². The number of aliphatic imine (C=N–C) groups is 1. The maximum absolute atomic E-state index is 13.4. The Morgan fingerprint density at radius 2 is 1.98 bits per heavy atom. The van der Waals surface area contributed by atoms with E-state index in [0.29, 0.717) is 22.2 Å². The molecule has 5 N–H and O–H groups in total. The molecule has 1 aromatic heterocycles. The number of carboxylic acid groups (broad SMARTS) is 1. The van der Waals surface area contributed by atoms with E-state index in [1.54, 1.807) is 12.1 Å². The SMILES string of the molecule is CC(C)(C)OCC(N)=C(C=NCCCc1ccc2c(n1)NCCC2)C(=O)NC(CC(=O)O)c1cc(Cl)cc(Cl)c1. The van der Waals surface area contributed by atoms with Crippen LogP contribution in [0.15, 0.2) is 46.6 Å². The summed E-state index contributed by atoms with van der Waals surface area (Å²) in [7, 11) is 0. The molecule has 0 bridgehead atoms. The number of pyridine rings is 1. The van der Waals surface area contributed by atoms with Crippen molar-refractivity contribution < 1.29 is 19.4 Å². The fraction of sp³-hybridized carbons (Fsp3) is 0.448. The average Bonchev–Trinajstić information content (AvgIpc) is 2.87. The second-order valence-corrected chi connectivity index (χ2v) is 11.5. The van der Waals surface area contributed by atoms with E-state index in [4.69, 9.17) is 38.7 Å². The smallest absolute Gasteiger partial charge is 0.305 e. The number of anilines is 1. The molecule has 2 heterocycles. The number of carbonyl (C=O) groups is 2. The van der Waals surface area contributed by atoms with Crippen LogP contribution in [0.3, 0.4) is 0 Å². The van der Waals surface area contributed by atoms with Crippen LogP contribution in [0.25, 0.3) is 0 Å². The number of aromatic nitrogens is 1. The highest BCUT2D eigenvalue weighted by Gasteiger charge is 2.23. The molecule has 1 aliphatic heterocycles. The van der Waals surface area contributed by atoms with Crippen LogP contribution in [-0.4, -0.2) is 53.5 Å². The first kappa shape index (κ1) is 31.4. The summed E-state index contributed by atoms with van der Waals surface area (Å²) in [5.41, 5.74) is 8.76. The second-order valence-electron chi connectivity index (χ2n) is 10.6. The van der Waals surface area contributed by atoms with Crippen LogP contribution in [0.2, 0.25) is 10.0 Å². The van der Waals surface area contributed by atoms with Gasteiger partial charge >= 0.3 is 5.97 Å². The second kappa shape index (κ2) is 14.5. The number of rotatable bonds is 12. The van der Waals surface area contributed by atoms with Crippen LogP contribution in [0, 0.1) is 0 Å². The fourth-order valence-electron chi connectivity index (χ4n) is 4.11. The maximum Gasteiger partial charge on any atom is 0.305 e. The van der Waals surface area contributed by atoms with Gasteiger partial charge in [-0.1, -0.05) is 29.3 Å². The van der Waals surface area contributed by atoms with Gasteiger partial charge in [0, 0.05) is 40.7 Å². The van der Waals surface area contributed by atoms with Gasteiger partial charge in [0.05, 0.1) is 30.2 Å². The largest absolute Gasteiger partial charge is 0.481 e. The average molecular weight is 591 g/mol. The molecule has 216 valence electrons. The Morgan fingerprint density at radius 3 is 2.65 bits per heavy atom. The highest BCUT2D eigenvalue weighted by Crippen LogP contribution is 2.26. The molecule has 1 unspecified atom stereocenters. The number of nitrogens with two attached hydrogens (primary N) is 1. The summed E-state index contributed by atoms with van der Waals surface area (Å²) in [6.45, 7) is 7.01. The Balaban J connectivity index is 1.73. The quantitative estimate of drug-likeness (QED) is 0.153. The van der Waals surface area contributed by atoms with Crippen LogP contribution in [0.1, 0.15) is 62.9 Å². The summed E-state index contributed by atoms with van der Waals surface area (Å²) in [4.78, 5) is 34.1. The van der Waals surface area contributed by atoms with Gasteiger partial charge in [0.25, 0.3) is 5.91 Å². The van der Waals surface area contributed by atoms with Crippen molar-refractivity contribution in [2.24, 2.45) is 10.7 Å². The minimum absolute atomic E-state index is 0.00307. The summed E-state index contributed by atoms with van der Waals surface area (Å²) < 4.78 is 5.77. The molecule has 40 heavy (non-hydrogen) atoms. The number of fused-ring (bicyclic) bond motifs is 1. The van der Waals surface area contributed by atoms with Gasteiger partial charge in [0.1, 0.15) is 5.82 Å². The predicted molar refractivity (Wildman–Crippen MR) is 159 cm³/mol. The fourth-order valence-corrected chi connectivity index (χ4v) is 4.66. The van der Waals surface area contributed by atoms with Gasteiger partial charge < -0.3 is 26.2 Å². The van der Waals surface area contributed by atoms with E-state index in [2.05, 4.69) is 21.7 Å². The van der Waals surface area contributed by atoms with Gasteiger partial charge in [-0.15, -0.1) is 0 Å². The first-order valence-electron chi connectivity index (χ1n) is 13.2. The number of amides is 1. The number of hydrogen-bond donors (Lipinski definition) is 4. The zero-order valence-electron chi connectivity index (χ0n) is 23.1. The number of nitrogens with one attached hydrogen (secondary N) is 2. The molecule has 0 aliphatic carbocycles. The molecule has 1 amide bonds. The van der Waals surface area contributed by atoms with Crippen LogP contribution in [0.4, 0.5) is 5.82 Å². The number of carboxylic acids is 1. The lowest BCUT2D eigenvalue weighted by Crippen LogP contribution is -2.34. The molecule has 0 fully saturated rings. The number of halogens is 2.